The molecule has 4 heteroatoms. The Morgan fingerprint density at radius 1 is 1.40 bits per heavy atom. The SMILES string of the molecule is COc1ccc(C(C)C)cc1-c1cnc(CCC#N)[nH]1. The molecule has 0 saturated heterocycles. The van der Waals surface area contributed by atoms with E-state index >= 15 is 0 Å². The molecule has 0 atom stereocenters. The van der Waals surface area contributed by atoms with Crippen molar-refractivity contribution in [2.75, 3.05) is 7.11 Å². The van der Waals surface area contributed by atoms with Gasteiger partial charge in [0.1, 0.15) is 11.6 Å². The third kappa shape index (κ3) is 3.00. The van der Waals surface area contributed by atoms with E-state index in [9.17, 15) is 0 Å². The lowest BCUT2D eigenvalue weighted by Crippen LogP contribution is -1.93. The molecular weight excluding hydrogens is 250 g/mol. The topological polar surface area (TPSA) is 61.7 Å². The van der Waals surface area contributed by atoms with E-state index in [1.807, 2.05) is 6.07 Å². The number of hydrogen-bond donors (Lipinski definition) is 1. The molecule has 4 nitrogen and oxygen atoms in total. The molecule has 0 saturated carbocycles. The molecule has 2 rings (SSSR count). The van der Waals surface area contributed by atoms with Crippen LogP contribution in [0.5, 0.6) is 5.75 Å². The minimum atomic E-state index is 0.459. The molecule has 0 aliphatic rings. The van der Waals surface area contributed by atoms with E-state index in [4.69, 9.17) is 10.00 Å². The second-order valence-electron chi connectivity index (χ2n) is 5.02. The Hall–Kier alpha value is -2.28. The van der Waals surface area contributed by atoms with Crippen molar-refractivity contribution in [2.45, 2.75) is 32.6 Å². The highest BCUT2D eigenvalue weighted by atomic mass is 16.5. The summed E-state index contributed by atoms with van der Waals surface area (Å²) in [5, 5.41) is 8.62. The number of aryl methyl sites for hydroxylation is 1. The fourth-order valence-corrected chi connectivity index (χ4v) is 2.10. The van der Waals surface area contributed by atoms with Crippen LogP contribution in [0.2, 0.25) is 0 Å². The Balaban J connectivity index is 2.37. The van der Waals surface area contributed by atoms with Crippen molar-refractivity contribution in [3.8, 4) is 23.1 Å². The van der Waals surface area contributed by atoms with Crippen LogP contribution in [0.1, 0.15) is 37.6 Å². The van der Waals surface area contributed by atoms with Crippen molar-refractivity contribution in [3.05, 3.63) is 35.8 Å². The Morgan fingerprint density at radius 2 is 2.20 bits per heavy atom. The zero-order chi connectivity index (χ0) is 14.5. The third-order valence-corrected chi connectivity index (χ3v) is 3.28. The van der Waals surface area contributed by atoms with Crippen LogP contribution in [0, 0.1) is 11.3 Å². The normalized spacial score (nSPS) is 10.6. The largest absolute Gasteiger partial charge is 0.496 e. The quantitative estimate of drug-likeness (QED) is 0.900. The van der Waals surface area contributed by atoms with Gasteiger partial charge in [0, 0.05) is 18.4 Å². The lowest BCUT2D eigenvalue weighted by atomic mass is 9.99. The van der Waals surface area contributed by atoms with Gasteiger partial charge in [-0.05, 0) is 23.6 Å². The molecule has 0 radical (unpaired) electrons. The molecule has 0 bridgehead atoms. The van der Waals surface area contributed by atoms with Crippen LogP contribution in [0.15, 0.2) is 24.4 Å². The molecule has 1 aromatic carbocycles. The molecule has 1 heterocycles. The van der Waals surface area contributed by atoms with Gasteiger partial charge in [-0.25, -0.2) is 4.98 Å². The maximum atomic E-state index is 8.62. The summed E-state index contributed by atoms with van der Waals surface area (Å²) in [6.45, 7) is 4.33. The molecule has 1 aromatic heterocycles. The van der Waals surface area contributed by atoms with E-state index < -0.39 is 0 Å². The van der Waals surface area contributed by atoms with Gasteiger partial charge in [0.25, 0.3) is 0 Å². The van der Waals surface area contributed by atoms with Gasteiger partial charge in [0.15, 0.2) is 0 Å². The highest BCUT2D eigenvalue weighted by Gasteiger charge is 2.11. The number of nitriles is 1. The van der Waals surface area contributed by atoms with Crippen LogP contribution >= 0.6 is 0 Å². The number of ether oxygens (including phenoxy) is 1. The van der Waals surface area contributed by atoms with E-state index in [2.05, 4.69) is 42.0 Å². The first kappa shape index (κ1) is 14.1. The summed E-state index contributed by atoms with van der Waals surface area (Å²) in [5.74, 6) is 2.11. The first-order valence-corrected chi connectivity index (χ1v) is 6.74. The smallest absolute Gasteiger partial charge is 0.128 e. The summed E-state index contributed by atoms with van der Waals surface area (Å²) >= 11 is 0. The molecule has 1 N–H and O–H groups in total. The number of hydrogen-bond acceptors (Lipinski definition) is 3. The lowest BCUT2D eigenvalue weighted by Gasteiger charge is -2.11. The summed E-state index contributed by atoms with van der Waals surface area (Å²) in [5.41, 5.74) is 3.20. The number of nitrogens with zero attached hydrogens (tertiary/aromatic N) is 2. The standard InChI is InChI=1S/C16H19N3O/c1-11(2)12-6-7-15(20-3)13(9-12)14-10-18-16(19-14)5-4-8-17/h6-7,9-11H,4-5H2,1-3H3,(H,18,19). The zero-order valence-corrected chi connectivity index (χ0v) is 12.1. The average molecular weight is 269 g/mol. The number of imidazole rings is 1. The predicted octanol–water partition coefficient (Wildman–Crippen LogP) is 3.66. The summed E-state index contributed by atoms with van der Waals surface area (Å²) < 4.78 is 5.42. The fraction of sp³-hybridized carbons (Fsp3) is 0.375. The Kier molecular flexibility index (Phi) is 4.41. The van der Waals surface area contributed by atoms with Crippen molar-refractivity contribution in [1.29, 1.82) is 5.26 Å². The van der Waals surface area contributed by atoms with Crippen molar-refractivity contribution in [1.82, 2.24) is 9.97 Å². The number of aromatic amines is 1. The minimum absolute atomic E-state index is 0.459. The number of H-pyrrole nitrogens is 1. The second-order valence-corrected chi connectivity index (χ2v) is 5.02. The molecule has 104 valence electrons. The van der Waals surface area contributed by atoms with Crippen molar-refractivity contribution < 1.29 is 4.74 Å². The van der Waals surface area contributed by atoms with Gasteiger partial charge in [-0.1, -0.05) is 19.9 Å². The molecule has 0 aliphatic carbocycles. The summed E-state index contributed by atoms with van der Waals surface area (Å²) in [6, 6.07) is 8.33. The number of benzene rings is 1. The highest BCUT2D eigenvalue weighted by molar-refractivity contribution is 5.68. The summed E-state index contributed by atoms with van der Waals surface area (Å²) in [6.07, 6.45) is 2.91. The number of methoxy groups -OCH3 is 1. The van der Waals surface area contributed by atoms with Crippen LogP contribution in [-0.2, 0) is 6.42 Å². The van der Waals surface area contributed by atoms with Crippen LogP contribution in [0.4, 0.5) is 0 Å². The van der Waals surface area contributed by atoms with Gasteiger partial charge in [0.2, 0.25) is 0 Å². The monoisotopic (exact) mass is 269 g/mol. The van der Waals surface area contributed by atoms with Crippen LogP contribution in [-0.4, -0.2) is 17.1 Å². The predicted molar refractivity (Wildman–Crippen MR) is 78.6 cm³/mol. The maximum Gasteiger partial charge on any atom is 0.128 e. The van der Waals surface area contributed by atoms with Gasteiger partial charge < -0.3 is 9.72 Å². The third-order valence-electron chi connectivity index (χ3n) is 3.28. The molecule has 0 fully saturated rings. The van der Waals surface area contributed by atoms with Crippen molar-refractivity contribution in [3.63, 3.8) is 0 Å². The fourth-order valence-electron chi connectivity index (χ4n) is 2.10. The van der Waals surface area contributed by atoms with Gasteiger partial charge in [0.05, 0.1) is 25.1 Å². The highest BCUT2D eigenvalue weighted by Crippen LogP contribution is 2.31. The second kappa shape index (κ2) is 6.25. The zero-order valence-electron chi connectivity index (χ0n) is 12.1. The van der Waals surface area contributed by atoms with E-state index in [1.54, 1.807) is 13.3 Å². The van der Waals surface area contributed by atoms with E-state index in [0.29, 0.717) is 18.8 Å². The Bertz CT molecular complexity index is 623. The molecular formula is C16H19N3O. The molecule has 0 spiro atoms. The van der Waals surface area contributed by atoms with Gasteiger partial charge in [-0.2, -0.15) is 5.26 Å². The van der Waals surface area contributed by atoms with Crippen LogP contribution in [0.3, 0.4) is 0 Å². The van der Waals surface area contributed by atoms with Gasteiger partial charge in [-0.15, -0.1) is 0 Å². The Labute approximate surface area is 119 Å². The van der Waals surface area contributed by atoms with Gasteiger partial charge >= 0.3 is 0 Å². The van der Waals surface area contributed by atoms with E-state index in [0.717, 1.165) is 22.8 Å². The van der Waals surface area contributed by atoms with Gasteiger partial charge in [-0.3, -0.25) is 0 Å². The molecule has 0 unspecified atom stereocenters. The summed E-state index contributed by atoms with van der Waals surface area (Å²) in [7, 11) is 1.67. The molecule has 0 amide bonds. The summed E-state index contributed by atoms with van der Waals surface area (Å²) in [4.78, 5) is 7.58. The minimum Gasteiger partial charge on any atom is -0.496 e. The van der Waals surface area contributed by atoms with Crippen molar-refractivity contribution >= 4 is 0 Å². The van der Waals surface area contributed by atoms with Crippen molar-refractivity contribution in [2.24, 2.45) is 0 Å². The lowest BCUT2D eigenvalue weighted by molar-refractivity contribution is 0.416. The Morgan fingerprint density at radius 3 is 2.85 bits per heavy atom. The molecule has 2 aromatic rings. The number of nitrogens with one attached hydrogen (secondary N) is 1. The number of rotatable bonds is 5. The van der Waals surface area contributed by atoms with Crippen LogP contribution in [0.25, 0.3) is 11.3 Å². The first-order valence-electron chi connectivity index (χ1n) is 6.74. The maximum absolute atomic E-state index is 8.62. The first-order chi connectivity index (χ1) is 9.65. The number of aromatic nitrogens is 2. The average Bonchev–Trinajstić information content (AvgIpc) is 2.93. The molecule has 20 heavy (non-hydrogen) atoms. The van der Waals surface area contributed by atoms with Crippen LogP contribution < -0.4 is 4.74 Å². The van der Waals surface area contributed by atoms with E-state index in [1.165, 1.54) is 5.56 Å². The molecule has 0 aliphatic heterocycles. The van der Waals surface area contributed by atoms with E-state index in [-0.39, 0.29) is 0 Å².